The molecule has 0 spiro atoms. The van der Waals surface area contributed by atoms with Crippen molar-refractivity contribution in [2.45, 2.75) is 44.2 Å². The minimum Gasteiger partial charge on any atom is -0.343 e. The predicted octanol–water partition coefficient (Wildman–Crippen LogP) is 3.77. The number of aryl methyl sites for hydroxylation is 1. The van der Waals surface area contributed by atoms with Gasteiger partial charge in [0.25, 0.3) is 0 Å². The zero-order valence-electron chi connectivity index (χ0n) is 18.6. The summed E-state index contributed by atoms with van der Waals surface area (Å²) in [5, 5.41) is 4.20. The van der Waals surface area contributed by atoms with Crippen molar-refractivity contribution in [2.75, 3.05) is 23.8 Å². The maximum Gasteiger partial charge on any atom is 0.327 e. The fourth-order valence-corrected chi connectivity index (χ4v) is 4.71. The van der Waals surface area contributed by atoms with Gasteiger partial charge in [0, 0.05) is 30.5 Å². The number of imidazole rings is 1. The summed E-state index contributed by atoms with van der Waals surface area (Å²) in [6.07, 6.45) is 8.00. The number of nitrogens with zero attached hydrogens (tertiary/aromatic N) is 7. The van der Waals surface area contributed by atoms with Gasteiger partial charge in [0.15, 0.2) is 0 Å². The van der Waals surface area contributed by atoms with Gasteiger partial charge in [-0.2, -0.15) is 15.0 Å². The van der Waals surface area contributed by atoms with E-state index in [-0.39, 0.29) is 17.6 Å². The molecule has 3 fully saturated rings. The fraction of sp³-hybridized carbons (Fsp3) is 0.435. The molecule has 0 unspecified atom stereocenters. The van der Waals surface area contributed by atoms with Crippen LogP contribution in [0, 0.1) is 12.8 Å². The van der Waals surface area contributed by atoms with Crippen LogP contribution < -0.4 is 10.2 Å². The summed E-state index contributed by atoms with van der Waals surface area (Å²) in [7, 11) is 1.83. The van der Waals surface area contributed by atoms with E-state index in [1.54, 1.807) is 9.80 Å². The third kappa shape index (κ3) is 3.70. The monoisotopic (exact) mass is 464 g/mol. The van der Waals surface area contributed by atoms with Gasteiger partial charge in [-0.1, -0.05) is 11.6 Å². The molecule has 0 bridgehead atoms. The summed E-state index contributed by atoms with van der Waals surface area (Å²) < 4.78 is 1.98. The molecule has 3 aliphatic rings. The summed E-state index contributed by atoms with van der Waals surface area (Å²) in [4.78, 5) is 34.8. The first-order chi connectivity index (χ1) is 15.9. The highest BCUT2D eigenvalue weighted by atomic mass is 35.5. The molecule has 0 radical (unpaired) electrons. The molecule has 9 nitrogen and oxygen atoms in total. The van der Waals surface area contributed by atoms with Crippen molar-refractivity contribution in [3.8, 4) is 5.69 Å². The molecule has 2 amide bonds. The molecule has 3 aromatic rings. The predicted molar refractivity (Wildman–Crippen MR) is 125 cm³/mol. The molecule has 2 aromatic heterocycles. The molecule has 10 heteroatoms. The first-order valence-electron chi connectivity index (χ1n) is 11.3. The molecule has 1 aromatic carbocycles. The van der Waals surface area contributed by atoms with E-state index in [4.69, 9.17) is 11.6 Å². The minimum absolute atomic E-state index is 0.0497. The van der Waals surface area contributed by atoms with Gasteiger partial charge in [0.1, 0.15) is 5.82 Å². The number of rotatable bonds is 6. The van der Waals surface area contributed by atoms with Gasteiger partial charge in [-0.15, -0.1) is 0 Å². The van der Waals surface area contributed by atoms with Crippen LogP contribution in [0.1, 0.15) is 37.2 Å². The number of hydrogen-bond donors (Lipinski definition) is 1. The normalized spacial score (nSPS) is 21.5. The lowest BCUT2D eigenvalue weighted by molar-refractivity contribution is 0.229. The molecule has 1 aliphatic heterocycles. The molecule has 2 saturated carbocycles. The average Bonchev–Trinajstić information content (AvgIpc) is 3.70. The van der Waals surface area contributed by atoms with Crippen LogP contribution in [-0.4, -0.2) is 55.1 Å². The Morgan fingerprint density at radius 1 is 1.12 bits per heavy atom. The molecule has 6 rings (SSSR count). The maximum atomic E-state index is 12.9. The zero-order valence-corrected chi connectivity index (χ0v) is 19.3. The van der Waals surface area contributed by atoms with E-state index in [9.17, 15) is 4.79 Å². The second-order valence-corrected chi connectivity index (χ2v) is 9.73. The largest absolute Gasteiger partial charge is 0.343 e. The number of nitrogens with one attached hydrogen (secondary N) is 1. The summed E-state index contributed by atoms with van der Waals surface area (Å²) in [5.74, 6) is 2.02. The van der Waals surface area contributed by atoms with Gasteiger partial charge in [-0.25, -0.2) is 9.78 Å². The standard InChI is InChI=1S/C23H25ClN8O/c1-14-26-20(28-21(27-14)32-18(15-3-4-15)11-30(2)22(32)33)29-23(9-10-23)19-12-31(13-25-19)17-7-5-16(24)6-8-17/h5-8,12-13,15,18H,3-4,9-11H2,1-2H3,(H,26,27,28,29)/t18-/m1/s1. The number of likely N-dealkylation sites (N-methyl/N-ethyl adjacent to an activating group) is 1. The van der Waals surface area contributed by atoms with Crippen molar-refractivity contribution in [2.24, 2.45) is 5.92 Å². The summed E-state index contributed by atoms with van der Waals surface area (Å²) in [5.41, 5.74) is 1.62. The first kappa shape index (κ1) is 20.4. The van der Waals surface area contributed by atoms with E-state index in [0.717, 1.165) is 37.1 Å². The number of anilines is 2. The lowest BCUT2D eigenvalue weighted by Gasteiger charge is -2.22. The van der Waals surface area contributed by atoms with Crippen LogP contribution in [0.2, 0.25) is 5.02 Å². The topological polar surface area (TPSA) is 92.1 Å². The van der Waals surface area contributed by atoms with Crippen LogP contribution in [0.25, 0.3) is 5.69 Å². The van der Waals surface area contributed by atoms with Crippen LogP contribution in [0.3, 0.4) is 0 Å². The summed E-state index contributed by atoms with van der Waals surface area (Å²) in [6, 6.07) is 7.73. The van der Waals surface area contributed by atoms with Crippen LogP contribution in [0.15, 0.2) is 36.8 Å². The Morgan fingerprint density at radius 2 is 1.88 bits per heavy atom. The molecule has 1 saturated heterocycles. The Labute approximate surface area is 196 Å². The number of urea groups is 1. The molecule has 3 heterocycles. The van der Waals surface area contributed by atoms with Crippen molar-refractivity contribution < 1.29 is 4.79 Å². The molecular weight excluding hydrogens is 440 g/mol. The van der Waals surface area contributed by atoms with E-state index < -0.39 is 0 Å². The van der Waals surface area contributed by atoms with E-state index in [1.807, 2.05) is 55.3 Å². The SMILES string of the molecule is Cc1nc(NC2(c3cn(-c4ccc(Cl)cc4)cn3)CC2)nc(N2C(=O)N(C)C[C@@H]2C2CC2)n1. The number of carbonyl (C=O) groups excluding carboxylic acids is 1. The average molecular weight is 465 g/mol. The lowest BCUT2D eigenvalue weighted by atomic mass is 10.2. The Morgan fingerprint density at radius 3 is 2.58 bits per heavy atom. The van der Waals surface area contributed by atoms with Gasteiger partial charge in [0.2, 0.25) is 11.9 Å². The maximum absolute atomic E-state index is 12.9. The van der Waals surface area contributed by atoms with Crippen LogP contribution in [-0.2, 0) is 5.54 Å². The summed E-state index contributed by atoms with van der Waals surface area (Å²) >= 11 is 6.02. The molecule has 170 valence electrons. The Kier molecular flexibility index (Phi) is 4.58. The highest BCUT2D eigenvalue weighted by Crippen LogP contribution is 2.47. The molecule has 33 heavy (non-hydrogen) atoms. The third-order valence-corrected chi connectivity index (χ3v) is 6.99. The molecular formula is C23H25ClN8O. The number of amides is 2. The lowest BCUT2D eigenvalue weighted by Crippen LogP contribution is -2.37. The molecule has 1 N–H and O–H groups in total. The van der Waals surface area contributed by atoms with Gasteiger partial charge in [-0.05, 0) is 62.8 Å². The third-order valence-electron chi connectivity index (χ3n) is 6.74. The van der Waals surface area contributed by atoms with Gasteiger partial charge < -0.3 is 14.8 Å². The first-order valence-corrected chi connectivity index (χ1v) is 11.7. The molecule has 2 aliphatic carbocycles. The number of hydrogen-bond acceptors (Lipinski definition) is 6. The van der Waals surface area contributed by atoms with Crippen molar-refractivity contribution in [3.05, 3.63) is 53.3 Å². The smallest absolute Gasteiger partial charge is 0.327 e. The van der Waals surface area contributed by atoms with Crippen molar-refractivity contribution in [1.29, 1.82) is 0 Å². The highest BCUT2D eigenvalue weighted by Gasteiger charge is 2.48. The Balaban J connectivity index is 1.27. The van der Waals surface area contributed by atoms with Gasteiger partial charge in [0.05, 0.1) is 23.6 Å². The Hall–Kier alpha value is -3.20. The zero-order chi connectivity index (χ0) is 22.7. The van der Waals surface area contributed by atoms with Crippen LogP contribution in [0.4, 0.5) is 16.7 Å². The second-order valence-electron chi connectivity index (χ2n) is 9.29. The highest BCUT2D eigenvalue weighted by molar-refractivity contribution is 6.30. The van der Waals surface area contributed by atoms with E-state index >= 15 is 0 Å². The van der Waals surface area contributed by atoms with E-state index in [0.29, 0.717) is 35.2 Å². The molecule has 1 atom stereocenters. The van der Waals surface area contributed by atoms with Crippen molar-refractivity contribution in [3.63, 3.8) is 0 Å². The fourth-order valence-electron chi connectivity index (χ4n) is 4.58. The number of aromatic nitrogens is 5. The van der Waals surface area contributed by atoms with E-state index in [1.165, 1.54) is 0 Å². The Bertz CT molecular complexity index is 1220. The quantitative estimate of drug-likeness (QED) is 0.597. The van der Waals surface area contributed by atoms with Gasteiger partial charge in [-0.3, -0.25) is 4.90 Å². The number of benzene rings is 1. The van der Waals surface area contributed by atoms with Crippen LogP contribution >= 0.6 is 11.6 Å². The van der Waals surface area contributed by atoms with Crippen molar-refractivity contribution in [1.82, 2.24) is 29.4 Å². The second kappa shape index (κ2) is 7.41. The van der Waals surface area contributed by atoms with Crippen molar-refractivity contribution >= 4 is 29.5 Å². The number of carbonyl (C=O) groups is 1. The minimum atomic E-state index is -0.315. The van der Waals surface area contributed by atoms with E-state index in [2.05, 4.69) is 25.3 Å². The summed E-state index contributed by atoms with van der Waals surface area (Å²) in [6.45, 7) is 2.55. The number of halogens is 1. The van der Waals surface area contributed by atoms with Crippen LogP contribution in [0.5, 0.6) is 0 Å². The van der Waals surface area contributed by atoms with Gasteiger partial charge >= 0.3 is 6.03 Å².